The van der Waals surface area contributed by atoms with Gasteiger partial charge in [-0.05, 0) is 42.5 Å². The molecule has 8 bridgehead atoms. The minimum atomic E-state index is -1.00. The number of hydrogen-bond donors (Lipinski definition) is 3. The summed E-state index contributed by atoms with van der Waals surface area (Å²) < 4.78 is 6.15. The first-order valence-electron chi connectivity index (χ1n) is 15.8. The number of rotatable bonds is 3. The predicted octanol–water partition coefficient (Wildman–Crippen LogP) is 8.36. The van der Waals surface area contributed by atoms with Gasteiger partial charge >= 0.3 is 5.97 Å². The van der Waals surface area contributed by atoms with Crippen molar-refractivity contribution in [3.8, 4) is 57.1 Å². The lowest BCUT2D eigenvalue weighted by Crippen LogP contribution is -1.95. The third kappa shape index (κ3) is 4.41. The average molecular weight is 651 g/mol. The Kier molecular flexibility index (Phi) is 5.91. The van der Waals surface area contributed by atoms with Crippen LogP contribution in [0.3, 0.4) is 0 Å². The number of nitrogens with one attached hydrogen (secondary N) is 2. The Morgan fingerprint density at radius 1 is 0.460 bits per heavy atom. The van der Waals surface area contributed by atoms with Crippen molar-refractivity contribution in [1.29, 1.82) is 0 Å². The van der Waals surface area contributed by atoms with E-state index in [4.69, 9.17) is 34.6 Å². The smallest absolute Gasteiger partial charge is 0.335 e. The van der Waals surface area contributed by atoms with Gasteiger partial charge in [-0.2, -0.15) is 0 Å². The minimum Gasteiger partial charge on any atom is -0.478 e. The molecule has 0 spiro atoms. The molecule has 236 valence electrons. The van der Waals surface area contributed by atoms with E-state index in [1.54, 1.807) is 12.1 Å². The number of hydrogen-bond acceptors (Lipinski definition) is 8. The van der Waals surface area contributed by atoms with Crippen LogP contribution in [0, 0.1) is 0 Å². The summed E-state index contributed by atoms with van der Waals surface area (Å²) in [4.78, 5) is 48.3. The molecule has 0 atom stereocenters. The average Bonchev–Trinajstić information content (AvgIpc) is 3.87. The topological polar surface area (TPSA) is 155 Å². The first kappa shape index (κ1) is 27.8. The summed E-state index contributed by atoms with van der Waals surface area (Å²) in [6, 6.07) is 35.6. The molecule has 0 fully saturated rings. The lowest BCUT2D eigenvalue weighted by molar-refractivity contribution is 0.0697. The Hall–Kier alpha value is -7.27. The first-order chi connectivity index (χ1) is 24.6. The molecule has 5 heterocycles. The summed E-state index contributed by atoms with van der Waals surface area (Å²) in [5, 5.41) is 12.9. The highest BCUT2D eigenvalue weighted by Gasteiger charge is 2.24. The molecule has 3 N–H and O–H groups in total. The maximum absolute atomic E-state index is 11.3. The number of nitrogens with zero attached hydrogens (tertiary/aromatic N) is 6. The second kappa shape index (κ2) is 10.6. The van der Waals surface area contributed by atoms with Gasteiger partial charge in [0.1, 0.15) is 34.1 Å². The quantitative estimate of drug-likeness (QED) is 0.171. The normalized spacial score (nSPS) is 11.8. The maximum atomic E-state index is 11.3. The number of benzene rings is 5. The van der Waals surface area contributed by atoms with E-state index in [1.807, 2.05) is 91.0 Å². The number of aromatic carboxylic acids is 1. The molecule has 50 heavy (non-hydrogen) atoms. The van der Waals surface area contributed by atoms with Crippen LogP contribution in [0.15, 0.2) is 115 Å². The fraction of sp³-hybridized carbons (Fsp3) is 0. The largest absolute Gasteiger partial charge is 0.478 e. The fourth-order valence-electron chi connectivity index (χ4n) is 6.49. The first-order valence-corrected chi connectivity index (χ1v) is 15.8. The summed E-state index contributed by atoms with van der Waals surface area (Å²) in [6.07, 6.45) is 0. The zero-order valence-electron chi connectivity index (χ0n) is 25.9. The molecule has 2 aliphatic heterocycles. The Balaban J connectivity index is 1.27. The van der Waals surface area contributed by atoms with Gasteiger partial charge in [0.05, 0.1) is 5.56 Å². The van der Waals surface area contributed by atoms with E-state index in [0.717, 1.165) is 38.2 Å². The van der Waals surface area contributed by atoms with Crippen molar-refractivity contribution in [3.63, 3.8) is 0 Å². The van der Waals surface area contributed by atoms with Crippen molar-refractivity contribution in [2.45, 2.75) is 0 Å². The third-order valence-corrected chi connectivity index (χ3v) is 8.86. The van der Waals surface area contributed by atoms with Crippen LogP contribution < -0.4 is 4.74 Å². The van der Waals surface area contributed by atoms with Crippen LogP contribution in [0.4, 0.5) is 0 Å². The highest BCUT2D eigenvalue weighted by molar-refractivity contribution is 6.07. The third-order valence-electron chi connectivity index (χ3n) is 8.86. The molecule has 0 amide bonds. The van der Waals surface area contributed by atoms with Gasteiger partial charge in [0.25, 0.3) is 0 Å². The van der Waals surface area contributed by atoms with Gasteiger partial charge in [0, 0.05) is 43.8 Å². The number of ether oxygens (including phenoxy) is 1. The fourth-order valence-corrected chi connectivity index (χ4v) is 6.49. The molecular formula is C39H22N8O3. The van der Waals surface area contributed by atoms with Gasteiger partial charge in [0.2, 0.25) is 0 Å². The number of carboxylic acid groups (broad SMARTS) is 1. The minimum absolute atomic E-state index is 0.175. The van der Waals surface area contributed by atoms with Crippen LogP contribution in [0.2, 0.25) is 0 Å². The van der Waals surface area contributed by atoms with Gasteiger partial charge in [-0.25, -0.2) is 34.7 Å². The molecule has 2 aliphatic rings. The van der Waals surface area contributed by atoms with Crippen LogP contribution in [0.1, 0.15) is 10.4 Å². The Morgan fingerprint density at radius 3 is 1.40 bits per heavy atom. The molecular weight excluding hydrogens is 628 g/mol. The van der Waals surface area contributed by atoms with Crippen LogP contribution >= 0.6 is 0 Å². The maximum Gasteiger partial charge on any atom is 0.335 e. The SMILES string of the molecule is O=C(O)c1ccc(Oc2ccc3c(c2)-c2nc4nc(nc5[nH]c(nc6[nH]c(nc-3n2)c2ccccc62)c2ccccc52)-c2ccccc2-4)cc1. The molecule has 0 unspecified atom stereocenters. The van der Waals surface area contributed by atoms with E-state index in [0.29, 0.717) is 62.9 Å². The van der Waals surface area contributed by atoms with Crippen molar-refractivity contribution < 1.29 is 14.6 Å². The number of carbonyl (C=O) groups is 1. The van der Waals surface area contributed by atoms with Crippen LogP contribution in [-0.4, -0.2) is 50.9 Å². The lowest BCUT2D eigenvalue weighted by atomic mass is 10.1. The van der Waals surface area contributed by atoms with E-state index in [-0.39, 0.29) is 5.56 Å². The van der Waals surface area contributed by atoms with Crippen molar-refractivity contribution >= 4 is 50.1 Å². The second-order valence-electron chi connectivity index (χ2n) is 11.9. The zero-order valence-corrected chi connectivity index (χ0v) is 25.9. The zero-order chi connectivity index (χ0) is 33.3. The molecule has 5 aromatic carbocycles. The summed E-state index contributed by atoms with van der Waals surface area (Å²) in [5.74, 6) is 1.89. The number of aromatic nitrogens is 8. The molecule has 3 aromatic heterocycles. The molecule has 0 aliphatic carbocycles. The number of carboxylic acids is 1. The van der Waals surface area contributed by atoms with Gasteiger partial charge in [0.15, 0.2) is 23.3 Å². The van der Waals surface area contributed by atoms with Crippen molar-refractivity contribution in [1.82, 2.24) is 39.9 Å². The van der Waals surface area contributed by atoms with Crippen molar-refractivity contribution in [2.24, 2.45) is 0 Å². The van der Waals surface area contributed by atoms with E-state index in [9.17, 15) is 9.90 Å². The summed E-state index contributed by atoms with van der Waals surface area (Å²) in [6.45, 7) is 0. The Bertz CT molecular complexity index is 2900. The Morgan fingerprint density at radius 2 is 0.880 bits per heavy atom. The Labute approximate surface area is 282 Å². The van der Waals surface area contributed by atoms with Gasteiger partial charge in [-0.1, -0.05) is 72.8 Å². The van der Waals surface area contributed by atoms with E-state index in [2.05, 4.69) is 9.97 Å². The number of H-pyrrole nitrogens is 2. The lowest BCUT2D eigenvalue weighted by Gasteiger charge is -2.08. The molecule has 0 radical (unpaired) electrons. The molecule has 0 saturated heterocycles. The molecule has 10 rings (SSSR count). The van der Waals surface area contributed by atoms with E-state index in [1.165, 1.54) is 12.1 Å². The number of fused-ring (bicyclic) bond motifs is 20. The molecule has 8 aromatic rings. The predicted molar refractivity (Wildman–Crippen MR) is 190 cm³/mol. The molecule has 11 heteroatoms. The number of aromatic amines is 2. The van der Waals surface area contributed by atoms with Crippen LogP contribution in [-0.2, 0) is 0 Å². The highest BCUT2D eigenvalue weighted by Crippen LogP contribution is 2.40. The van der Waals surface area contributed by atoms with Crippen molar-refractivity contribution in [3.05, 3.63) is 121 Å². The second-order valence-corrected chi connectivity index (χ2v) is 11.9. The summed E-state index contributed by atoms with van der Waals surface area (Å²) >= 11 is 0. The molecule has 11 nitrogen and oxygen atoms in total. The molecule has 0 saturated carbocycles. The van der Waals surface area contributed by atoms with Gasteiger partial charge < -0.3 is 19.8 Å². The highest BCUT2D eigenvalue weighted by atomic mass is 16.5. The summed E-state index contributed by atoms with van der Waals surface area (Å²) in [5.41, 5.74) is 5.88. The van der Waals surface area contributed by atoms with Gasteiger partial charge in [-0.3, -0.25) is 0 Å². The summed E-state index contributed by atoms with van der Waals surface area (Å²) in [7, 11) is 0. The van der Waals surface area contributed by atoms with E-state index >= 15 is 0 Å². The van der Waals surface area contributed by atoms with Crippen LogP contribution in [0.25, 0.3) is 89.7 Å². The van der Waals surface area contributed by atoms with Gasteiger partial charge in [-0.15, -0.1) is 0 Å². The van der Waals surface area contributed by atoms with E-state index < -0.39 is 5.97 Å². The van der Waals surface area contributed by atoms with Crippen LogP contribution in [0.5, 0.6) is 11.5 Å². The van der Waals surface area contributed by atoms with Crippen molar-refractivity contribution in [2.75, 3.05) is 0 Å². The standard InChI is InChI=1S/C39H22N8O3/c48-39(49)20-13-15-21(16-14-20)50-22-17-18-29-30(19-22)38-46-36-28-12-6-5-11-27(28)34(44-36)42-32-24-8-2-1-7-23(24)31(40-32)41-33-25-9-3-4-10-26(25)35(43-33)45-37(29)47-38/h1-19H,(H,48,49)(H2,40,41,42,43,44,45,46,47). The monoisotopic (exact) mass is 650 g/mol.